The number of aliphatic hydroxyl groups excluding tert-OH is 1. The molecule has 0 saturated heterocycles. The first-order valence-corrected chi connectivity index (χ1v) is 7.11. The Kier molecular flexibility index (Phi) is 3.59. The molecule has 7 heteroatoms. The third kappa shape index (κ3) is 2.94. The zero-order valence-corrected chi connectivity index (χ0v) is 11.5. The van der Waals surface area contributed by atoms with E-state index in [9.17, 15) is 8.42 Å². The van der Waals surface area contributed by atoms with Crippen molar-refractivity contribution in [2.45, 2.75) is 18.4 Å². The molecule has 0 aromatic carbocycles. The molecule has 0 spiro atoms. The smallest absolute Gasteiger partial charge is 0.263 e. The third-order valence-electron chi connectivity index (χ3n) is 2.68. The van der Waals surface area contributed by atoms with Gasteiger partial charge in [-0.15, -0.1) is 0 Å². The van der Waals surface area contributed by atoms with Crippen LogP contribution in [0.2, 0.25) is 0 Å². The van der Waals surface area contributed by atoms with Gasteiger partial charge in [-0.25, -0.2) is 8.42 Å². The van der Waals surface area contributed by atoms with Gasteiger partial charge < -0.3 is 9.67 Å². The van der Waals surface area contributed by atoms with Crippen molar-refractivity contribution < 1.29 is 13.5 Å². The topological polar surface area (TPSA) is 84.2 Å². The summed E-state index contributed by atoms with van der Waals surface area (Å²) in [7, 11) is -1.98. The zero-order chi connectivity index (χ0) is 14.0. The molecule has 0 aliphatic carbocycles. The van der Waals surface area contributed by atoms with Crippen molar-refractivity contribution in [3.63, 3.8) is 0 Å². The number of aromatic nitrogens is 2. The van der Waals surface area contributed by atoms with Crippen LogP contribution >= 0.6 is 0 Å². The van der Waals surface area contributed by atoms with Crippen LogP contribution in [0, 0.1) is 6.92 Å². The van der Waals surface area contributed by atoms with Crippen molar-refractivity contribution in [1.82, 2.24) is 9.55 Å². The second-order valence-corrected chi connectivity index (χ2v) is 5.98. The normalized spacial score (nSPS) is 11.5. The lowest BCUT2D eigenvalue weighted by atomic mass is 10.3. The molecular weight excluding hydrogens is 266 g/mol. The molecule has 0 atom stereocenters. The van der Waals surface area contributed by atoms with E-state index >= 15 is 0 Å². The molecule has 0 aliphatic rings. The van der Waals surface area contributed by atoms with Crippen LogP contribution in [-0.2, 0) is 23.7 Å². The molecule has 2 heterocycles. The van der Waals surface area contributed by atoms with E-state index in [0.29, 0.717) is 11.4 Å². The monoisotopic (exact) mass is 281 g/mol. The van der Waals surface area contributed by atoms with Crippen LogP contribution in [0.3, 0.4) is 0 Å². The summed E-state index contributed by atoms with van der Waals surface area (Å²) in [5, 5.41) is 9.08. The maximum absolute atomic E-state index is 12.2. The Balaban J connectivity index is 2.32. The van der Waals surface area contributed by atoms with Crippen molar-refractivity contribution in [2.75, 3.05) is 4.72 Å². The van der Waals surface area contributed by atoms with E-state index in [1.54, 1.807) is 23.9 Å². The second-order valence-electron chi connectivity index (χ2n) is 4.29. The van der Waals surface area contributed by atoms with Crippen molar-refractivity contribution in [3.8, 4) is 0 Å². The summed E-state index contributed by atoms with van der Waals surface area (Å²) >= 11 is 0. The van der Waals surface area contributed by atoms with E-state index in [-0.39, 0.29) is 11.5 Å². The molecule has 0 aliphatic heterocycles. The van der Waals surface area contributed by atoms with E-state index in [4.69, 9.17) is 5.11 Å². The number of aryl methyl sites for hydroxylation is 2. The molecule has 2 aromatic heterocycles. The van der Waals surface area contributed by atoms with E-state index < -0.39 is 10.0 Å². The van der Waals surface area contributed by atoms with Crippen LogP contribution in [0.25, 0.3) is 0 Å². The van der Waals surface area contributed by atoms with Crippen LogP contribution in [0.4, 0.5) is 5.69 Å². The molecule has 102 valence electrons. The quantitative estimate of drug-likeness (QED) is 0.876. The Bertz CT molecular complexity index is 692. The highest BCUT2D eigenvalue weighted by molar-refractivity contribution is 7.92. The molecule has 19 heavy (non-hydrogen) atoms. The molecule has 0 radical (unpaired) electrons. The van der Waals surface area contributed by atoms with Gasteiger partial charge in [-0.1, -0.05) is 0 Å². The third-order valence-corrected chi connectivity index (χ3v) is 4.03. The van der Waals surface area contributed by atoms with Crippen LogP contribution in [0.5, 0.6) is 0 Å². The first kappa shape index (κ1) is 13.6. The van der Waals surface area contributed by atoms with Gasteiger partial charge in [0.25, 0.3) is 10.0 Å². The number of sulfonamides is 1. The number of nitrogens with zero attached hydrogens (tertiary/aromatic N) is 2. The van der Waals surface area contributed by atoms with Gasteiger partial charge in [-0.05, 0) is 24.6 Å². The summed E-state index contributed by atoms with van der Waals surface area (Å²) in [5.41, 5.74) is 1.81. The molecule has 2 rings (SSSR count). The number of anilines is 1. The van der Waals surface area contributed by atoms with Crippen molar-refractivity contribution in [3.05, 3.63) is 42.0 Å². The minimum Gasteiger partial charge on any atom is -0.390 e. The van der Waals surface area contributed by atoms with Gasteiger partial charge in [0.05, 0.1) is 18.5 Å². The van der Waals surface area contributed by atoms with E-state index in [0.717, 1.165) is 5.56 Å². The molecule has 6 nitrogen and oxygen atoms in total. The maximum Gasteiger partial charge on any atom is 0.263 e. The van der Waals surface area contributed by atoms with Gasteiger partial charge in [0, 0.05) is 25.1 Å². The van der Waals surface area contributed by atoms with E-state index in [2.05, 4.69) is 9.71 Å². The van der Waals surface area contributed by atoms with Crippen LogP contribution < -0.4 is 4.72 Å². The summed E-state index contributed by atoms with van der Waals surface area (Å²) in [6.07, 6.45) is 4.54. The van der Waals surface area contributed by atoms with Gasteiger partial charge in [0.2, 0.25) is 0 Å². The van der Waals surface area contributed by atoms with Crippen molar-refractivity contribution in [2.24, 2.45) is 7.05 Å². The first-order valence-electron chi connectivity index (χ1n) is 5.63. The van der Waals surface area contributed by atoms with Gasteiger partial charge in [0.15, 0.2) is 0 Å². The summed E-state index contributed by atoms with van der Waals surface area (Å²) in [6.45, 7) is 1.62. The molecule has 2 N–H and O–H groups in total. The predicted octanol–water partition coefficient (Wildman–Crippen LogP) is 1.02. The van der Waals surface area contributed by atoms with E-state index in [1.807, 2.05) is 6.92 Å². The molecule has 2 aromatic rings. The van der Waals surface area contributed by atoms with Gasteiger partial charge in [0.1, 0.15) is 4.90 Å². The highest BCUT2D eigenvalue weighted by atomic mass is 32.2. The highest BCUT2D eigenvalue weighted by Crippen LogP contribution is 2.18. The minimum absolute atomic E-state index is 0.112. The second kappa shape index (κ2) is 5.02. The van der Waals surface area contributed by atoms with Gasteiger partial charge >= 0.3 is 0 Å². The summed E-state index contributed by atoms with van der Waals surface area (Å²) in [5.74, 6) is 0. The summed E-state index contributed by atoms with van der Waals surface area (Å²) in [4.78, 5) is 4.04. The van der Waals surface area contributed by atoms with Crippen molar-refractivity contribution >= 4 is 15.7 Å². The fourth-order valence-electron chi connectivity index (χ4n) is 1.71. The zero-order valence-electron chi connectivity index (χ0n) is 10.7. The Hall–Kier alpha value is -1.86. The Morgan fingerprint density at radius 3 is 2.68 bits per heavy atom. The number of hydrogen-bond acceptors (Lipinski definition) is 4. The lowest BCUT2D eigenvalue weighted by molar-refractivity contribution is 0.272. The Labute approximate surface area is 111 Å². The highest BCUT2D eigenvalue weighted by Gasteiger charge is 2.17. The van der Waals surface area contributed by atoms with Crippen LogP contribution in [0.15, 0.2) is 35.6 Å². The predicted molar refractivity (Wildman–Crippen MR) is 71.1 cm³/mol. The number of nitrogens with one attached hydrogen (secondary N) is 1. The number of rotatable bonds is 4. The minimum atomic E-state index is -3.66. The SMILES string of the molecule is Cc1cncc(NS(=O)(=O)c2cc(CO)n(C)c2)c1. The lowest BCUT2D eigenvalue weighted by Gasteiger charge is -2.06. The van der Waals surface area contributed by atoms with Crippen LogP contribution in [-0.4, -0.2) is 23.1 Å². The van der Waals surface area contributed by atoms with E-state index in [1.165, 1.54) is 18.5 Å². The Morgan fingerprint density at radius 2 is 2.11 bits per heavy atom. The standard InChI is InChI=1S/C12H15N3O3S/c1-9-3-10(6-13-5-9)14-19(17,18)12-4-11(8-16)15(2)7-12/h3-7,14,16H,8H2,1-2H3. The number of aliphatic hydroxyl groups is 1. The average Bonchev–Trinajstić information content (AvgIpc) is 2.71. The fraction of sp³-hybridized carbons (Fsp3) is 0.250. The first-order chi connectivity index (χ1) is 8.92. The molecule has 0 unspecified atom stereocenters. The lowest BCUT2D eigenvalue weighted by Crippen LogP contribution is -2.12. The number of hydrogen-bond donors (Lipinski definition) is 2. The summed E-state index contributed by atoms with van der Waals surface area (Å²) in [6, 6.07) is 3.13. The molecule has 0 bridgehead atoms. The van der Waals surface area contributed by atoms with Crippen LogP contribution in [0.1, 0.15) is 11.3 Å². The fourth-order valence-corrected chi connectivity index (χ4v) is 2.83. The van der Waals surface area contributed by atoms with Gasteiger partial charge in [-0.2, -0.15) is 0 Å². The van der Waals surface area contributed by atoms with Gasteiger partial charge in [-0.3, -0.25) is 9.71 Å². The Morgan fingerprint density at radius 1 is 1.37 bits per heavy atom. The molecule has 0 amide bonds. The largest absolute Gasteiger partial charge is 0.390 e. The molecule has 0 fully saturated rings. The molecular formula is C12H15N3O3S. The molecule has 0 saturated carbocycles. The number of pyridine rings is 1. The average molecular weight is 281 g/mol. The summed E-state index contributed by atoms with van der Waals surface area (Å²) < 4.78 is 28.3. The van der Waals surface area contributed by atoms with Crippen molar-refractivity contribution in [1.29, 1.82) is 0 Å². The maximum atomic E-state index is 12.2.